The summed E-state index contributed by atoms with van der Waals surface area (Å²) in [5.74, 6) is 2.12. The molecule has 1 atom stereocenters. The van der Waals surface area contributed by atoms with Crippen molar-refractivity contribution < 1.29 is 9.47 Å². The molecule has 0 saturated carbocycles. The van der Waals surface area contributed by atoms with Crippen molar-refractivity contribution in [3.05, 3.63) is 11.9 Å². The van der Waals surface area contributed by atoms with Crippen molar-refractivity contribution in [2.75, 3.05) is 26.1 Å². The average Bonchev–Trinajstić information content (AvgIpc) is 2.28. The fourth-order valence-electron chi connectivity index (χ4n) is 1.29. The third kappa shape index (κ3) is 3.66. The van der Waals surface area contributed by atoms with Gasteiger partial charge in [-0.3, -0.25) is 0 Å². The zero-order valence-electron chi connectivity index (χ0n) is 10.3. The maximum atomic E-state index is 5.62. The zero-order chi connectivity index (χ0) is 12.0. The van der Waals surface area contributed by atoms with Crippen molar-refractivity contribution in [1.82, 2.24) is 9.97 Å². The van der Waals surface area contributed by atoms with Crippen LogP contribution in [0.2, 0.25) is 0 Å². The molecule has 0 aliphatic heterocycles. The topological polar surface area (TPSA) is 56.3 Å². The van der Waals surface area contributed by atoms with Gasteiger partial charge in [-0.1, -0.05) is 6.92 Å². The molecule has 0 spiro atoms. The molecule has 1 N–H and O–H groups in total. The summed E-state index contributed by atoms with van der Waals surface area (Å²) in [6.07, 6.45) is 0.763. The van der Waals surface area contributed by atoms with Crippen LogP contribution in [0.15, 0.2) is 6.07 Å². The summed E-state index contributed by atoms with van der Waals surface area (Å²) in [6, 6.07) is 1.78. The highest BCUT2D eigenvalue weighted by Gasteiger charge is 2.07. The lowest BCUT2D eigenvalue weighted by Crippen LogP contribution is -2.19. The number of ether oxygens (including phenoxy) is 2. The smallest absolute Gasteiger partial charge is 0.219 e. The molecule has 1 heterocycles. The number of aryl methyl sites for hydroxylation is 1. The van der Waals surface area contributed by atoms with E-state index >= 15 is 0 Å². The first kappa shape index (κ1) is 12.7. The predicted molar refractivity (Wildman–Crippen MR) is 62.9 cm³/mol. The lowest BCUT2D eigenvalue weighted by Gasteiger charge is -2.14. The molecule has 0 aromatic carbocycles. The molecule has 16 heavy (non-hydrogen) atoms. The molecule has 0 aliphatic carbocycles. The SMILES string of the molecule is CCc1nc(NC)cc(OC(C)COC)n1. The zero-order valence-corrected chi connectivity index (χ0v) is 10.3. The Balaban J connectivity index is 2.78. The van der Waals surface area contributed by atoms with Gasteiger partial charge in [0.2, 0.25) is 5.88 Å². The van der Waals surface area contributed by atoms with Gasteiger partial charge < -0.3 is 14.8 Å². The van der Waals surface area contributed by atoms with E-state index in [-0.39, 0.29) is 6.10 Å². The quantitative estimate of drug-likeness (QED) is 0.795. The molecule has 90 valence electrons. The summed E-state index contributed by atoms with van der Waals surface area (Å²) in [7, 11) is 3.47. The monoisotopic (exact) mass is 225 g/mol. The second-order valence-electron chi connectivity index (χ2n) is 3.50. The molecule has 0 radical (unpaired) electrons. The second kappa shape index (κ2) is 6.27. The first-order valence-corrected chi connectivity index (χ1v) is 5.40. The van der Waals surface area contributed by atoms with Gasteiger partial charge in [0.15, 0.2) is 0 Å². The van der Waals surface area contributed by atoms with Crippen LogP contribution in [0.3, 0.4) is 0 Å². The van der Waals surface area contributed by atoms with Gasteiger partial charge in [-0.05, 0) is 6.92 Å². The number of hydrogen-bond donors (Lipinski definition) is 1. The number of methoxy groups -OCH3 is 1. The van der Waals surface area contributed by atoms with Gasteiger partial charge in [-0.25, -0.2) is 4.98 Å². The Hall–Kier alpha value is -1.36. The molecule has 1 aromatic rings. The average molecular weight is 225 g/mol. The fourth-order valence-corrected chi connectivity index (χ4v) is 1.29. The number of rotatable bonds is 6. The van der Waals surface area contributed by atoms with Crippen LogP contribution in [0, 0.1) is 0 Å². The maximum Gasteiger partial charge on any atom is 0.219 e. The molecule has 5 nitrogen and oxygen atoms in total. The molecule has 0 aliphatic rings. The van der Waals surface area contributed by atoms with E-state index in [1.165, 1.54) is 0 Å². The highest BCUT2D eigenvalue weighted by molar-refractivity contribution is 5.37. The van der Waals surface area contributed by atoms with Crippen LogP contribution in [0.5, 0.6) is 5.88 Å². The van der Waals surface area contributed by atoms with Gasteiger partial charge >= 0.3 is 0 Å². The summed E-state index contributed by atoms with van der Waals surface area (Å²) in [6.45, 7) is 4.49. The molecule has 5 heteroatoms. The van der Waals surface area contributed by atoms with E-state index in [2.05, 4.69) is 15.3 Å². The standard InChI is InChI=1S/C11H19N3O2/c1-5-9-13-10(12-3)6-11(14-9)16-8(2)7-15-4/h6,8H,5,7H2,1-4H3,(H,12,13,14). The summed E-state index contributed by atoms with van der Waals surface area (Å²) < 4.78 is 10.6. The molecule has 1 aromatic heterocycles. The second-order valence-corrected chi connectivity index (χ2v) is 3.50. The number of nitrogens with one attached hydrogen (secondary N) is 1. The number of aromatic nitrogens is 2. The normalized spacial score (nSPS) is 12.2. The molecular weight excluding hydrogens is 206 g/mol. The van der Waals surface area contributed by atoms with E-state index in [9.17, 15) is 0 Å². The lowest BCUT2D eigenvalue weighted by atomic mass is 10.4. The fraction of sp³-hybridized carbons (Fsp3) is 0.636. The van der Waals surface area contributed by atoms with Gasteiger partial charge in [0, 0.05) is 26.6 Å². The van der Waals surface area contributed by atoms with Crippen molar-refractivity contribution in [1.29, 1.82) is 0 Å². The Bertz CT molecular complexity index is 309. The van der Waals surface area contributed by atoms with E-state index in [0.717, 1.165) is 18.1 Å². The first-order valence-electron chi connectivity index (χ1n) is 5.40. The molecule has 0 fully saturated rings. The first-order chi connectivity index (χ1) is 7.69. The Morgan fingerprint density at radius 3 is 2.75 bits per heavy atom. The van der Waals surface area contributed by atoms with E-state index in [1.54, 1.807) is 13.2 Å². The molecule has 0 saturated heterocycles. The van der Waals surface area contributed by atoms with E-state index in [1.807, 2.05) is 20.9 Å². The van der Waals surface area contributed by atoms with Gasteiger partial charge in [-0.2, -0.15) is 4.98 Å². The van der Waals surface area contributed by atoms with Gasteiger partial charge in [0.1, 0.15) is 17.7 Å². The molecule has 0 amide bonds. The van der Waals surface area contributed by atoms with Gasteiger partial charge in [-0.15, -0.1) is 0 Å². The third-order valence-electron chi connectivity index (χ3n) is 2.04. The van der Waals surface area contributed by atoms with E-state index < -0.39 is 0 Å². The summed E-state index contributed by atoms with van der Waals surface area (Å²) in [5, 5.41) is 2.98. The lowest BCUT2D eigenvalue weighted by molar-refractivity contribution is 0.0887. The van der Waals surface area contributed by atoms with Crippen LogP contribution in [0.1, 0.15) is 19.7 Å². The van der Waals surface area contributed by atoms with Gasteiger partial charge in [0.05, 0.1) is 6.61 Å². The maximum absolute atomic E-state index is 5.62. The van der Waals surface area contributed by atoms with Crippen molar-refractivity contribution in [3.8, 4) is 5.88 Å². The minimum Gasteiger partial charge on any atom is -0.472 e. The van der Waals surface area contributed by atoms with Crippen LogP contribution in [0.25, 0.3) is 0 Å². The Labute approximate surface area is 96.2 Å². The number of hydrogen-bond acceptors (Lipinski definition) is 5. The third-order valence-corrected chi connectivity index (χ3v) is 2.04. The van der Waals surface area contributed by atoms with Crippen molar-refractivity contribution in [2.45, 2.75) is 26.4 Å². The van der Waals surface area contributed by atoms with Crippen LogP contribution in [-0.2, 0) is 11.2 Å². The largest absolute Gasteiger partial charge is 0.472 e. The molecule has 1 rings (SSSR count). The Morgan fingerprint density at radius 2 is 2.19 bits per heavy atom. The van der Waals surface area contributed by atoms with Crippen molar-refractivity contribution in [3.63, 3.8) is 0 Å². The van der Waals surface area contributed by atoms with Crippen molar-refractivity contribution >= 4 is 5.82 Å². The van der Waals surface area contributed by atoms with Crippen LogP contribution in [-0.4, -0.2) is 36.8 Å². The minimum absolute atomic E-state index is 0.0192. The van der Waals surface area contributed by atoms with Crippen LogP contribution >= 0.6 is 0 Å². The predicted octanol–water partition coefficient (Wildman–Crippen LogP) is 1.49. The van der Waals surface area contributed by atoms with Crippen molar-refractivity contribution in [2.24, 2.45) is 0 Å². The van der Waals surface area contributed by atoms with Gasteiger partial charge in [0.25, 0.3) is 0 Å². The highest BCUT2D eigenvalue weighted by Crippen LogP contribution is 2.14. The number of nitrogens with zero attached hydrogens (tertiary/aromatic N) is 2. The van der Waals surface area contributed by atoms with E-state index in [0.29, 0.717) is 12.5 Å². The van der Waals surface area contributed by atoms with E-state index in [4.69, 9.17) is 9.47 Å². The van der Waals surface area contributed by atoms with Crippen LogP contribution in [0.4, 0.5) is 5.82 Å². The molecular formula is C11H19N3O2. The number of anilines is 1. The highest BCUT2D eigenvalue weighted by atomic mass is 16.5. The Morgan fingerprint density at radius 1 is 1.44 bits per heavy atom. The molecule has 0 bridgehead atoms. The minimum atomic E-state index is -0.0192. The summed E-state index contributed by atoms with van der Waals surface area (Å²) in [4.78, 5) is 8.58. The Kier molecular flexibility index (Phi) is 4.98. The summed E-state index contributed by atoms with van der Waals surface area (Å²) in [5.41, 5.74) is 0. The van der Waals surface area contributed by atoms with Crippen LogP contribution < -0.4 is 10.1 Å². The molecule has 1 unspecified atom stereocenters. The summed E-state index contributed by atoms with van der Waals surface area (Å²) >= 11 is 0.